The van der Waals surface area contributed by atoms with E-state index in [0.29, 0.717) is 13.1 Å². The first-order valence-electron chi connectivity index (χ1n) is 6.02. The summed E-state index contributed by atoms with van der Waals surface area (Å²) < 4.78 is 0. The fourth-order valence-electron chi connectivity index (χ4n) is 1.99. The van der Waals surface area contributed by atoms with E-state index in [0.717, 1.165) is 5.56 Å². The lowest BCUT2D eigenvalue weighted by atomic mass is 10.0. The van der Waals surface area contributed by atoms with Gasteiger partial charge in [-0.25, -0.2) is 0 Å². The molecule has 1 fully saturated rings. The van der Waals surface area contributed by atoms with Crippen LogP contribution < -0.4 is 11.1 Å². The monoisotopic (exact) mass is 247 g/mol. The Morgan fingerprint density at radius 1 is 1.39 bits per heavy atom. The van der Waals surface area contributed by atoms with Gasteiger partial charge in [0.2, 0.25) is 11.8 Å². The summed E-state index contributed by atoms with van der Waals surface area (Å²) in [7, 11) is 0. The van der Waals surface area contributed by atoms with Crippen LogP contribution in [0.2, 0.25) is 0 Å². The van der Waals surface area contributed by atoms with E-state index >= 15 is 0 Å². The molecule has 0 bridgehead atoms. The number of hydrogen-bond acceptors (Lipinski definition) is 3. The van der Waals surface area contributed by atoms with Crippen molar-refractivity contribution in [3.8, 4) is 0 Å². The molecule has 1 atom stereocenters. The van der Waals surface area contributed by atoms with Gasteiger partial charge in [-0.1, -0.05) is 30.3 Å². The highest BCUT2D eigenvalue weighted by atomic mass is 16.2. The summed E-state index contributed by atoms with van der Waals surface area (Å²) in [5, 5.41) is 2.69. The third-order valence-corrected chi connectivity index (χ3v) is 3.01. The fraction of sp³-hybridized carbons (Fsp3) is 0.385. The molecule has 1 saturated heterocycles. The molecule has 1 aliphatic heterocycles. The van der Waals surface area contributed by atoms with Crippen LogP contribution in [0.25, 0.3) is 0 Å². The highest BCUT2D eigenvalue weighted by Gasteiger charge is 2.22. The normalized spacial score (nSPS) is 17.2. The number of hydrogen-bond donors (Lipinski definition) is 2. The number of benzene rings is 1. The fourth-order valence-corrected chi connectivity index (χ4v) is 1.99. The van der Waals surface area contributed by atoms with Crippen LogP contribution in [0.4, 0.5) is 0 Å². The number of carbonyl (C=O) groups is 2. The van der Waals surface area contributed by atoms with E-state index in [-0.39, 0.29) is 30.8 Å². The maximum absolute atomic E-state index is 12.0. The van der Waals surface area contributed by atoms with E-state index in [1.165, 1.54) is 0 Å². The number of carbonyl (C=O) groups excluding carboxylic acids is 2. The zero-order chi connectivity index (χ0) is 13.0. The third-order valence-electron chi connectivity index (χ3n) is 3.01. The van der Waals surface area contributed by atoms with Crippen molar-refractivity contribution in [1.29, 1.82) is 0 Å². The molecule has 2 rings (SSSR count). The zero-order valence-electron chi connectivity index (χ0n) is 10.1. The first-order chi connectivity index (χ1) is 8.66. The molecule has 1 aliphatic rings. The Labute approximate surface area is 106 Å². The lowest BCUT2D eigenvalue weighted by Crippen LogP contribution is -2.50. The SMILES string of the molecule is NC(CC(=O)N1CCNC(=O)C1)c1ccccc1. The van der Waals surface area contributed by atoms with Gasteiger partial charge < -0.3 is 16.0 Å². The number of nitrogens with two attached hydrogens (primary N) is 1. The molecule has 1 unspecified atom stereocenters. The summed E-state index contributed by atoms with van der Waals surface area (Å²) in [6.45, 7) is 1.22. The number of amides is 2. The van der Waals surface area contributed by atoms with Crippen molar-refractivity contribution < 1.29 is 9.59 Å². The van der Waals surface area contributed by atoms with Crippen LogP contribution in [0.15, 0.2) is 30.3 Å². The summed E-state index contributed by atoms with van der Waals surface area (Å²) in [6, 6.07) is 9.19. The van der Waals surface area contributed by atoms with E-state index < -0.39 is 0 Å². The van der Waals surface area contributed by atoms with Gasteiger partial charge in [0.25, 0.3) is 0 Å². The molecule has 1 heterocycles. The predicted octanol–water partition coefficient (Wildman–Crippen LogP) is 0.0349. The summed E-state index contributed by atoms with van der Waals surface area (Å²) in [4.78, 5) is 24.7. The van der Waals surface area contributed by atoms with Gasteiger partial charge in [-0.3, -0.25) is 9.59 Å². The minimum absolute atomic E-state index is 0.0683. The quantitative estimate of drug-likeness (QED) is 0.791. The Morgan fingerprint density at radius 3 is 2.78 bits per heavy atom. The van der Waals surface area contributed by atoms with Crippen LogP contribution in [0.1, 0.15) is 18.0 Å². The maximum atomic E-state index is 12.0. The van der Waals surface area contributed by atoms with Crippen molar-refractivity contribution >= 4 is 11.8 Å². The molecule has 5 heteroatoms. The summed E-state index contributed by atoms with van der Waals surface area (Å²) >= 11 is 0. The van der Waals surface area contributed by atoms with Gasteiger partial charge in [0.05, 0.1) is 6.54 Å². The number of piperazine rings is 1. The molecule has 0 saturated carbocycles. The second kappa shape index (κ2) is 5.64. The number of rotatable bonds is 3. The van der Waals surface area contributed by atoms with Crippen LogP contribution in [-0.4, -0.2) is 36.3 Å². The molecular formula is C13H17N3O2. The third kappa shape index (κ3) is 3.07. The Hall–Kier alpha value is -1.88. The van der Waals surface area contributed by atoms with Gasteiger partial charge in [-0.05, 0) is 5.56 Å². The van der Waals surface area contributed by atoms with E-state index in [1.54, 1.807) is 4.90 Å². The smallest absolute Gasteiger partial charge is 0.239 e. The van der Waals surface area contributed by atoms with Crippen LogP contribution >= 0.6 is 0 Å². The van der Waals surface area contributed by atoms with Crippen molar-refractivity contribution in [2.24, 2.45) is 5.73 Å². The van der Waals surface area contributed by atoms with Gasteiger partial charge in [0.1, 0.15) is 0 Å². The van der Waals surface area contributed by atoms with E-state index in [2.05, 4.69) is 5.32 Å². The first kappa shape index (κ1) is 12.6. The van der Waals surface area contributed by atoms with Crippen molar-refractivity contribution in [2.45, 2.75) is 12.5 Å². The molecule has 0 aliphatic carbocycles. The number of nitrogens with zero attached hydrogens (tertiary/aromatic N) is 1. The van der Waals surface area contributed by atoms with Crippen molar-refractivity contribution in [2.75, 3.05) is 19.6 Å². The highest BCUT2D eigenvalue weighted by molar-refractivity contribution is 5.86. The Kier molecular flexibility index (Phi) is 3.94. The van der Waals surface area contributed by atoms with Gasteiger partial charge >= 0.3 is 0 Å². The van der Waals surface area contributed by atoms with Crippen LogP contribution in [0.3, 0.4) is 0 Å². The van der Waals surface area contributed by atoms with Crippen LogP contribution in [0, 0.1) is 0 Å². The second-order valence-electron chi connectivity index (χ2n) is 4.39. The summed E-state index contributed by atoms with van der Waals surface area (Å²) in [5.74, 6) is -0.177. The van der Waals surface area contributed by atoms with E-state index in [9.17, 15) is 9.59 Å². The Bertz CT molecular complexity index is 433. The number of nitrogens with one attached hydrogen (secondary N) is 1. The molecule has 1 aromatic carbocycles. The van der Waals surface area contributed by atoms with E-state index in [1.807, 2.05) is 30.3 Å². The average Bonchev–Trinajstić information content (AvgIpc) is 2.39. The van der Waals surface area contributed by atoms with Crippen LogP contribution in [0.5, 0.6) is 0 Å². The maximum Gasteiger partial charge on any atom is 0.239 e. The van der Waals surface area contributed by atoms with Gasteiger partial charge in [-0.2, -0.15) is 0 Å². The van der Waals surface area contributed by atoms with Crippen molar-refractivity contribution in [1.82, 2.24) is 10.2 Å². The average molecular weight is 247 g/mol. The molecule has 1 aromatic rings. The molecule has 0 aromatic heterocycles. The molecule has 0 spiro atoms. The minimum atomic E-state index is -0.316. The molecule has 5 nitrogen and oxygen atoms in total. The second-order valence-corrected chi connectivity index (χ2v) is 4.39. The Balaban J connectivity index is 1.93. The first-order valence-corrected chi connectivity index (χ1v) is 6.02. The van der Waals surface area contributed by atoms with E-state index in [4.69, 9.17) is 5.73 Å². The molecule has 18 heavy (non-hydrogen) atoms. The zero-order valence-corrected chi connectivity index (χ0v) is 10.1. The molecule has 96 valence electrons. The van der Waals surface area contributed by atoms with Gasteiger partial charge in [0, 0.05) is 25.6 Å². The summed E-state index contributed by atoms with van der Waals surface area (Å²) in [6.07, 6.45) is 0.233. The lowest BCUT2D eigenvalue weighted by Gasteiger charge is -2.27. The molecule has 2 amide bonds. The Morgan fingerprint density at radius 2 is 2.11 bits per heavy atom. The highest BCUT2D eigenvalue weighted by Crippen LogP contribution is 2.14. The molecule has 3 N–H and O–H groups in total. The molecular weight excluding hydrogens is 230 g/mol. The minimum Gasteiger partial charge on any atom is -0.353 e. The van der Waals surface area contributed by atoms with Crippen molar-refractivity contribution in [3.63, 3.8) is 0 Å². The predicted molar refractivity (Wildman–Crippen MR) is 67.6 cm³/mol. The largest absolute Gasteiger partial charge is 0.353 e. The van der Waals surface area contributed by atoms with Gasteiger partial charge in [-0.15, -0.1) is 0 Å². The van der Waals surface area contributed by atoms with Crippen LogP contribution in [-0.2, 0) is 9.59 Å². The lowest BCUT2D eigenvalue weighted by molar-refractivity contribution is -0.138. The molecule has 0 radical (unpaired) electrons. The topological polar surface area (TPSA) is 75.4 Å². The van der Waals surface area contributed by atoms with Gasteiger partial charge in [0.15, 0.2) is 0 Å². The van der Waals surface area contributed by atoms with Crippen molar-refractivity contribution in [3.05, 3.63) is 35.9 Å². The standard InChI is InChI=1S/C13H17N3O2/c14-11(10-4-2-1-3-5-10)8-13(18)16-7-6-15-12(17)9-16/h1-5,11H,6-9,14H2,(H,15,17). The summed E-state index contributed by atoms with van der Waals surface area (Å²) in [5.41, 5.74) is 6.93.